The van der Waals surface area contributed by atoms with Crippen LogP contribution in [-0.4, -0.2) is 103 Å². The number of pyridine rings is 1. The van der Waals surface area contributed by atoms with Crippen LogP contribution in [0.3, 0.4) is 0 Å². The van der Waals surface area contributed by atoms with E-state index in [-0.39, 0.29) is 44.0 Å². The van der Waals surface area contributed by atoms with Gasteiger partial charge in [-0.3, -0.25) is 19.1 Å². The number of hydrogen-bond acceptors (Lipinski definition) is 10. The molecule has 1 aromatic carbocycles. The third kappa shape index (κ3) is 7.45. The normalized spacial score (nSPS) is 30.5. The summed E-state index contributed by atoms with van der Waals surface area (Å²) >= 11 is 0. The predicted molar refractivity (Wildman–Crippen MR) is 202 cm³/mol. The fourth-order valence-corrected chi connectivity index (χ4v) is 9.98. The van der Waals surface area contributed by atoms with Crippen LogP contribution in [0.25, 0.3) is 10.8 Å². The first kappa shape index (κ1) is 39.6. The van der Waals surface area contributed by atoms with Crippen molar-refractivity contribution in [1.29, 1.82) is 0 Å². The molecule has 4 amide bonds. The zero-order valence-electron chi connectivity index (χ0n) is 31.8. The van der Waals surface area contributed by atoms with Gasteiger partial charge in [-0.05, 0) is 86.8 Å². The molecule has 3 aliphatic heterocycles. The molecule has 1 aromatic heterocycles. The Labute approximate surface area is 325 Å². The number of fused-ring (bicyclic) bond motifs is 5. The molecule has 0 unspecified atom stereocenters. The third-order valence-corrected chi connectivity index (χ3v) is 14.3. The molecule has 3 fully saturated rings. The van der Waals surface area contributed by atoms with Crippen LogP contribution in [0.15, 0.2) is 30.4 Å². The topological polar surface area (TPSA) is 203 Å². The summed E-state index contributed by atoms with van der Waals surface area (Å²) in [5.74, 6) is -1.94. The second-order valence-corrected chi connectivity index (χ2v) is 18.1. The van der Waals surface area contributed by atoms with Crippen LogP contribution in [0.5, 0.6) is 17.5 Å². The Kier molecular flexibility index (Phi) is 10.8. The molecule has 4 N–H and O–H groups in total. The van der Waals surface area contributed by atoms with Crippen molar-refractivity contribution in [2.24, 2.45) is 17.8 Å². The van der Waals surface area contributed by atoms with Crippen molar-refractivity contribution >= 4 is 44.6 Å². The minimum atomic E-state index is -4.40. The van der Waals surface area contributed by atoms with Gasteiger partial charge in [0.15, 0.2) is 0 Å². The van der Waals surface area contributed by atoms with Gasteiger partial charge in [-0.1, -0.05) is 32.4 Å². The van der Waals surface area contributed by atoms with E-state index in [0.717, 1.165) is 23.8 Å². The molecule has 5 aliphatic rings. The number of carboxylic acid groups (broad SMARTS) is 1. The van der Waals surface area contributed by atoms with E-state index in [2.05, 4.69) is 15.4 Å². The smallest absolute Gasteiger partial charge is 0.405 e. The van der Waals surface area contributed by atoms with Crippen molar-refractivity contribution < 1.29 is 51.3 Å². The summed E-state index contributed by atoms with van der Waals surface area (Å²) in [6.45, 7) is 3.12. The van der Waals surface area contributed by atoms with Crippen LogP contribution in [-0.2, 0) is 30.8 Å². The molecule has 0 radical (unpaired) electrons. The van der Waals surface area contributed by atoms with Crippen molar-refractivity contribution in [2.45, 2.75) is 107 Å². The summed E-state index contributed by atoms with van der Waals surface area (Å²) in [5.41, 5.74) is -0.768. The number of methoxy groups -OCH3 is 1. The predicted octanol–water partition coefficient (Wildman–Crippen LogP) is 3.78. The Hall–Kier alpha value is -4.67. The van der Waals surface area contributed by atoms with Gasteiger partial charge in [0.2, 0.25) is 33.6 Å². The van der Waals surface area contributed by atoms with Crippen molar-refractivity contribution in [3.63, 3.8) is 0 Å². The molecule has 0 bridgehead atoms. The van der Waals surface area contributed by atoms with E-state index in [9.17, 15) is 37.1 Å². The maximum absolute atomic E-state index is 14.6. The standard InChI is InChI=1S/C39H50FN5O10S/c1-4-23-16-22(2)8-5-6-9-24-19-39(24,36(48)44-56(51,52)38(21-40)13-14-38)43-32(46)30-18-26(20-45(30)35(47)31(23)41-37(49)50)55-34-28-12-11-25(53-3)17-29(28)27-10-7-15-54-33(27)42-34/h6,9,11-12,17,22-24,26,30-31,41H,4-5,7-8,10,13-16,18-21H2,1-3H3,(H,43,46)(H,44,48)(H,49,50)/b9-6-/t22-,23-,24-,26-,30+,31+,39-/m1/s1. The van der Waals surface area contributed by atoms with Crippen molar-refractivity contribution in [3.8, 4) is 17.5 Å². The van der Waals surface area contributed by atoms with Gasteiger partial charge in [0.25, 0.3) is 5.91 Å². The Morgan fingerprint density at radius 2 is 1.98 bits per heavy atom. The second kappa shape index (κ2) is 15.3. The molecule has 4 heterocycles. The highest BCUT2D eigenvalue weighted by Gasteiger charge is 2.64. The monoisotopic (exact) mass is 799 g/mol. The number of hydrogen-bond donors (Lipinski definition) is 4. The van der Waals surface area contributed by atoms with Gasteiger partial charge in [-0.25, -0.2) is 17.6 Å². The van der Waals surface area contributed by atoms with E-state index < -0.39 is 80.8 Å². The van der Waals surface area contributed by atoms with Gasteiger partial charge in [0, 0.05) is 23.3 Å². The molecule has 7 atom stereocenters. The molecule has 17 heteroatoms. The molecule has 0 spiro atoms. The third-order valence-electron chi connectivity index (χ3n) is 12.2. The van der Waals surface area contributed by atoms with E-state index in [0.29, 0.717) is 49.3 Å². The number of aromatic nitrogens is 1. The number of ether oxygens (including phenoxy) is 3. The summed E-state index contributed by atoms with van der Waals surface area (Å²) in [6, 6.07) is 3.05. The molecule has 2 saturated carbocycles. The number of nitrogens with zero attached hydrogens (tertiary/aromatic N) is 2. The first-order valence-corrected chi connectivity index (χ1v) is 20.9. The molecule has 1 saturated heterocycles. The second-order valence-electron chi connectivity index (χ2n) is 16.0. The lowest BCUT2D eigenvalue weighted by molar-refractivity contribution is -0.142. The van der Waals surface area contributed by atoms with Crippen LogP contribution in [0.4, 0.5) is 9.18 Å². The van der Waals surface area contributed by atoms with E-state index >= 15 is 0 Å². The molecule has 2 aromatic rings. The zero-order valence-corrected chi connectivity index (χ0v) is 32.7. The lowest BCUT2D eigenvalue weighted by Gasteiger charge is -2.33. The van der Waals surface area contributed by atoms with Crippen LogP contribution >= 0.6 is 0 Å². The highest BCUT2D eigenvalue weighted by Crippen LogP contribution is 2.48. The van der Waals surface area contributed by atoms with Gasteiger partial charge < -0.3 is 34.9 Å². The van der Waals surface area contributed by atoms with Gasteiger partial charge in [0.1, 0.15) is 40.9 Å². The fraction of sp³-hybridized carbons (Fsp3) is 0.615. The first-order valence-electron chi connectivity index (χ1n) is 19.5. The number of carbonyl (C=O) groups is 4. The summed E-state index contributed by atoms with van der Waals surface area (Å²) in [6.07, 6.45) is 5.53. The highest BCUT2D eigenvalue weighted by atomic mass is 32.2. The summed E-state index contributed by atoms with van der Waals surface area (Å²) < 4.78 is 58.5. The van der Waals surface area contributed by atoms with Crippen LogP contribution < -0.4 is 29.6 Å². The number of halogens is 1. The number of rotatable bonds is 9. The molecule has 15 nitrogen and oxygen atoms in total. The minimum Gasteiger partial charge on any atom is -0.497 e. The fourth-order valence-electron chi connectivity index (χ4n) is 8.55. The van der Waals surface area contributed by atoms with Crippen LogP contribution in [0, 0.1) is 17.8 Å². The van der Waals surface area contributed by atoms with Gasteiger partial charge in [-0.15, -0.1) is 0 Å². The maximum atomic E-state index is 14.6. The van der Waals surface area contributed by atoms with E-state index in [1.165, 1.54) is 4.90 Å². The Morgan fingerprint density at radius 1 is 1.20 bits per heavy atom. The molecular weight excluding hydrogens is 750 g/mol. The van der Waals surface area contributed by atoms with Gasteiger partial charge in [0.05, 0.1) is 20.3 Å². The average Bonchev–Trinajstić information content (AvgIpc) is 4.08. The summed E-state index contributed by atoms with van der Waals surface area (Å²) in [5, 5.41) is 16.7. The minimum absolute atomic E-state index is 0.0523. The highest BCUT2D eigenvalue weighted by molar-refractivity contribution is 7.91. The van der Waals surface area contributed by atoms with E-state index in [1.807, 2.05) is 32.1 Å². The quantitative estimate of drug-likeness (QED) is 0.269. The summed E-state index contributed by atoms with van der Waals surface area (Å²) in [7, 11) is -2.83. The Bertz CT molecular complexity index is 2040. The summed E-state index contributed by atoms with van der Waals surface area (Å²) in [4.78, 5) is 61.2. The average molecular weight is 800 g/mol. The maximum Gasteiger partial charge on any atom is 0.405 e. The van der Waals surface area contributed by atoms with E-state index in [4.69, 9.17) is 19.2 Å². The molecular formula is C39H50FN5O10S. The van der Waals surface area contributed by atoms with Crippen LogP contribution in [0.1, 0.15) is 77.2 Å². The van der Waals surface area contributed by atoms with E-state index in [1.54, 1.807) is 19.3 Å². The van der Waals surface area contributed by atoms with Crippen molar-refractivity contribution in [2.75, 3.05) is 26.9 Å². The number of alkyl halides is 1. The largest absolute Gasteiger partial charge is 0.497 e. The number of benzene rings is 1. The molecule has 304 valence electrons. The first-order chi connectivity index (χ1) is 26.7. The number of nitrogens with one attached hydrogen (secondary N) is 3. The number of amides is 4. The van der Waals surface area contributed by atoms with Crippen LogP contribution in [0.2, 0.25) is 0 Å². The van der Waals surface area contributed by atoms with Crippen molar-refractivity contribution in [1.82, 2.24) is 25.2 Å². The van der Waals surface area contributed by atoms with Crippen molar-refractivity contribution in [3.05, 3.63) is 35.9 Å². The molecule has 7 rings (SSSR count). The lowest BCUT2D eigenvalue weighted by Crippen LogP contribution is -2.59. The Morgan fingerprint density at radius 3 is 2.68 bits per heavy atom. The number of sulfonamides is 1. The van der Waals surface area contributed by atoms with Gasteiger partial charge in [-0.2, -0.15) is 4.98 Å². The number of aryl methyl sites for hydroxylation is 1. The zero-order chi connectivity index (χ0) is 40.0. The van der Waals surface area contributed by atoms with Gasteiger partial charge >= 0.3 is 6.09 Å². The Balaban J connectivity index is 1.24. The SMILES string of the molecule is CC[C@@H]1C[C@H](C)CC/C=C\[C@@H]2C[C@@]2(C(=O)NS(=O)(=O)C2(CF)CC2)NC(=O)[C@@H]2C[C@@H](Oc3nc4c(c5cc(OC)ccc35)CCCO4)CN2C(=O)[C@H]1NC(=O)O. The number of carbonyl (C=O) groups excluding carboxylic acids is 3. The molecule has 56 heavy (non-hydrogen) atoms. The lowest BCUT2D eigenvalue weighted by atomic mass is 9.85. The number of allylic oxidation sites excluding steroid dienone is 1. The molecule has 2 aliphatic carbocycles.